The number of nitrogens with one attached hydrogen (secondary N) is 4. The number of unbranched alkanes of at least 4 members (excludes halogenated alkanes) is 1. The maximum absolute atomic E-state index is 13.6. The average molecular weight is 736 g/mol. The highest BCUT2D eigenvalue weighted by atomic mass is 16.6. The summed E-state index contributed by atoms with van der Waals surface area (Å²) < 4.78 is 16.3. The molecule has 15 nitrogen and oxygen atoms in total. The molecule has 1 rings (SSSR count). The summed E-state index contributed by atoms with van der Waals surface area (Å²) in [4.78, 5) is 76.7. The quantitative estimate of drug-likeness (QED) is 0.0947. The number of nitrogens with two attached hydrogens (primary N) is 1. The van der Waals surface area contributed by atoms with Crippen molar-refractivity contribution in [1.82, 2.24) is 21.3 Å². The van der Waals surface area contributed by atoms with E-state index in [-0.39, 0.29) is 19.4 Å². The van der Waals surface area contributed by atoms with E-state index in [1.54, 1.807) is 79.7 Å². The van der Waals surface area contributed by atoms with E-state index >= 15 is 0 Å². The van der Waals surface area contributed by atoms with Gasteiger partial charge in [-0.25, -0.2) is 9.59 Å². The summed E-state index contributed by atoms with van der Waals surface area (Å²) in [6, 6.07) is 1.88. The minimum Gasteiger partial charge on any atom is -0.488 e. The van der Waals surface area contributed by atoms with Crippen molar-refractivity contribution in [3.8, 4) is 5.75 Å². The highest BCUT2D eigenvalue weighted by Gasteiger charge is 2.32. The lowest BCUT2D eigenvalue weighted by molar-refractivity contribution is -0.156. The van der Waals surface area contributed by atoms with Crippen LogP contribution in [0.2, 0.25) is 0 Å². The van der Waals surface area contributed by atoms with E-state index in [1.165, 1.54) is 0 Å². The van der Waals surface area contributed by atoms with E-state index in [4.69, 9.17) is 19.9 Å². The molecule has 0 bridgehead atoms. The fourth-order valence-corrected chi connectivity index (χ4v) is 4.71. The second kappa shape index (κ2) is 20.0. The summed E-state index contributed by atoms with van der Waals surface area (Å²) >= 11 is 0. The minimum atomic E-state index is -1.33. The Balaban J connectivity index is 3.12. The molecule has 0 saturated heterocycles. The second-order valence-corrected chi connectivity index (χ2v) is 16.1. The van der Waals surface area contributed by atoms with Crippen LogP contribution in [-0.2, 0) is 39.9 Å². The Hall–Kier alpha value is -4.40. The first-order valence-electron chi connectivity index (χ1n) is 17.6. The number of ether oxygens (including phenoxy) is 3. The van der Waals surface area contributed by atoms with Crippen molar-refractivity contribution in [2.45, 2.75) is 149 Å². The zero-order valence-electron chi connectivity index (χ0n) is 32.6. The van der Waals surface area contributed by atoms with Gasteiger partial charge in [-0.2, -0.15) is 0 Å². The Kier molecular flexibility index (Phi) is 17.5. The number of alkyl carbamates (subject to hydrolysis) is 1. The van der Waals surface area contributed by atoms with Crippen LogP contribution in [-0.4, -0.2) is 88.4 Å². The predicted octanol–water partition coefficient (Wildman–Crippen LogP) is 3.36. The van der Waals surface area contributed by atoms with Crippen LogP contribution in [0.4, 0.5) is 4.79 Å². The maximum Gasteiger partial charge on any atom is 0.407 e. The number of hydrogen-bond acceptors (Lipinski definition) is 10. The van der Waals surface area contributed by atoms with E-state index in [0.29, 0.717) is 24.2 Å². The molecule has 15 heteroatoms. The molecule has 0 aliphatic heterocycles. The third kappa shape index (κ3) is 19.3. The molecule has 0 aliphatic rings. The SMILES string of the molecule is CC(C)[C@H](NC(=O)[C@@H](N)CC(=O)OC(C)(C)C)C(=O)N[C@@H](CCCCNC(=O)OC(C)(C)C)C(=O)N[C@@H](Cc1ccc(OC(C)(C)C)cc1)C(=O)O. The number of esters is 1. The molecule has 0 aromatic heterocycles. The molecule has 1 aromatic rings. The van der Waals surface area contributed by atoms with Gasteiger partial charge in [-0.05, 0) is 105 Å². The molecule has 0 unspecified atom stereocenters. The Morgan fingerprint density at radius 3 is 1.79 bits per heavy atom. The number of carbonyl (C=O) groups is 6. The van der Waals surface area contributed by atoms with Gasteiger partial charge in [0.15, 0.2) is 0 Å². The smallest absolute Gasteiger partial charge is 0.407 e. The standard InChI is InChI=1S/C37H61N5O10/c1-22(2)29(42-30(44)25(38)21-28(43)51-36(6,7)8)32(46)40-26(14-12-13-19-39-34(49)52-37(9,10)11)31(45)41-27(33(47)48)20-23-15-17-24(18-16-23)50-35(3,4)5/h15-18,22,25-27,29H,12-14,19-21,38H2,1-11H3,(H,39,49)(H,40,46)(H,41,45)(H,42,44)(H,47,48)/t25-,26-,27-,29-/m0/s1. The van der Waals surface area contributed by atoms with Crippen molar-refractivity contribution in [3.05, 3.63) is 29.8 Å². The van der Waals surface area contributed by atoms with Gasteiger partial charge in [-0.3, -0.25) is 19.2 Å². The number of aliphatic carboxylic acids is 1. The predicted molar refractivity (Wildman–Crippen MR) is 195 cm³/mol. The molecular formula is C37H61N5O10. The maximum atomic E-state index is 13.6. The number of amides is 4. The molecule has 4 atom stereocenters. The molecule has 0 heterocycles. The van der Waals surface area contributed by atoms with Crippen LogP contribution in [0.15, 0.2) is 24.3 Å². The second-order valence-electron chi connectivity index (χ2n) is 16.1. The van der Waals surface area contributed by atoms with Gasteiger partial charge in [0.25, 0.3) is 0 Å². The molecule has 7 N–H and O–H groups in total. The van der Waals surface area contributed by atoms with Crippen LogP contribution in [0.3, 0.4) is 0 Å². The summed E-state index contributed by atoms with van der Waals surface area (Å²) in [5.41, 5.74) is 4.71. The highest BCUT2D eigenvalue weighted by Crippen LogP contribution is 2.19. The lowest BCUT2D eigenvalue weighted by Crippen LogP contribution is -2.58. The Morgan fingerprint density at radius 2 is 1.29 bits per heavy atom. The lowest BCUT2D eigenvalue weighted by atomic mass is 10.0. The van der Waals surface area contributed by atoms with Gasteiger partial charge in [-0.1, -0.05) is 26.0 Å². The number of carboxylic acids is 1. The lowest BCUT2D eigenvalue weighted by Gasteiger charge is -2.27. The highest BCUT2D eigenvalue weighted by molar-refractivity contribution is 5.95. The summed E-state index contributed by atoms with van der Waals surface area (Å²) in [6.07, 6.45) is -0.222. The third-order valence-electron chi connectivity index (χ3n) is 7.01. The normalized spacial score (nSPS) is 14.2. The molecule has 0 radical (unpaired) electrons. The first kappa shape index (κ1) is 45.6. The zero-order valence-corrected chi connectivity index (χ0v) is 32.6. The van der Waals surface area contributed by atoms with Crippen molar-refractivity contribution < 1.29 is 48.1 Å². The molecule has 4 amide bonds. The van der Waals surface area contributed by atoms with Crippen LogP contribution >= 0.6 is 0 Å². The Morgan fingerprint density at radius 1 is 0.731 bits per heavy atom. The summed E-state index contributed by atoms with van der Waals surface area (Å²) in [5.74, 6) is -4.03. The first-order chi connectivity index (χ1) is 23.8. The summed E-state index contributed by atoms with van der Waals surface area (Å²) in [7, 11) is 0. The summed E-state index contributed by atoms with van der Waals surface area (Å²) in [6.45, 7) is 19.6. The van der Waals surface area contributed by atoms with Crippen molar-refractivity contribution >= 4 is 35.8 Å². The van der Waals surface area contributed by atoms with E-state index in [1.807, 2.05) is 20.8 Å². The van der Waals surface area contributed by atoms with Crippen molar-refractivity contribution in [2.75, 3.05) is 6.54 Å². The fourth-order valence-electron chi connectivity index (χ4n) is 4.71. The van der Waals surface area contributed by atoms with Crippen LogP contribution in [0.5, 0.6) is 5.75 Å². The molecule has 0 aliphatic carbocycles. The fraction of sp³-hybridized carbons (Fsp3) is 0.676. The zero-order chi connectivity index (χ0) is 40.0. The monoisotopic (exact) mass is 735 g/mol. The van der Waals surface area contributed by atoms with E-state index in [9.17, 15) is 33.9 Å². The molecule has 294 valence electrons. The van der Waals surface area contributed by atoms with Crippen LogP contribution in [0, 0.1) is 5.92 Å². The van der Waals surface area contributed by atoms with Gasteiger partial charge >= 0.3 is 18.0 Å². The molecule has 0 saturated carbocycles. The molecule has 1 aromatic carbocycles. The number of rotatable bonds is 18. The summed E-state index contributed by atoms with van der Waals surface area (Å²) in [5, 5.41) is 20.4. The van der Waals surface area contributed by atoms with E-state index in [0.717, 1.165) is 0 Å². The van der Waals surface area contributed by atoms with Crippen LogP contribution in [0.1, 0.15) is 107 Å². The molecule has 52 heavy (non-hydrogen) atoms. The largest absolute Gasteiger partial charge is 0.488 e. The van der Waals surface area contributed by atoms with E-state index < -0.39 is 89.1 Å². The molecular weight excluding hydrogens is 674 g/mol. The van der Waals surface area contributed by atoms with Gasteiger partial charge in [0.1, 0.15) is 40.7 Å². The van der Waals surface area contributed by atoms with Crippen molar-refractivity contribution in [2.24, 2.45) is 11.7 Å². The van der Waals surface area contributed by atoms with Crippen LogP contribution < -0.4 is 31.7 Å². The van der Waals surface area contributed by atoms with Gasteiger partial charge in [0.05, 0.1) is 12.5 Å². The molecule has 0 spiro atoms. The number of benzene rings is 1. The van der Waals surface area contributed by atoms with Gasteiger partial charge in [-0.15, -0.1) is 0 Å². The number of carbonyl (C=O) groups excluding carboxylic acids is 5. The van der Waals surface area contributed by atoms with Crippen LogP contribution in [0.25, 0.3) is 0 Å². The number of carboxylic acid groups (broad SMARTS) is 1. The third-order valence-corrected chi connectivity index (χ3v) is 7.01. The van der Waals surface area contributed by atoms with Gasteiger partial charge in [0.2, 0.25) is 17.7 Å². The minimum absolute atomic E-state index is 0.0441. The Bertz CT molecular complexity index is 1360. The Labute approximate surface area is 307 Å². The van der Waals surface area contributed by atoms with Crippen molar-refractivity contribution in [1.29, 1.82) is 0 Å². The average Bonchev–Trinajstić information content (AvgIpc) is 2.96. The first-order valence-corrected chi connectivity index (χ1v) is 17.6. The topological polar surface area (TPSA) is 224 Å². The van der Waals surface area contributed by atoms with Gasteiger partial charge in [0, 0.05) is 13.0 Å². The van der Waals surface area contributed by atoms with Gasteiger partial charge < -0.3 is 46.3 Å². The van der Waals surface area contributed by atoms with E-state index in [2.05, 4.69) is 21.3 Å². The number of hydrogen-bond donors (Lipinski definition) is 6. The molecule has 0 fully saturated rings. The van der Waals surface area contributed by atoms with Crippen molar-refractivity contribution in [3.63, 3.8) is 0 Å².